The van der Waals surface area contributed by atoms with Crippen LogP contribution in [-0.4, -0.2) is 24.2 Å². The molecule has 0 bridgehead atoms. The van der Waals surface area contributed by atoms with E-state index in [0.717, 1.165) is 37.1 Å². The number of rotatable bonds is 7. The molecule has 1 fully saturated rings. The lowest BCUT2D eigenvalue weighted by atomic mass is 9.78. The molecule has 0 spiro atoms. The summed E-state index contributed by atoms with van der Waals surface area (Å²) < 4.78 is 11.7. The van der Waals surface area contributed by atoms with Gasteiger partial charge in [0.25, 0.3) is 5.91 Å². The highest BCUT2D eigenvalue weighted by Gasteiger charge is 2.42. The van der Waals surface area contributed by atoms with E-state index in [0.29, 0.717) is 12.5 Å². The third kappa shape index (κ3) is 4.73. The molecule has 1 amide bonds. The van der Waals surface area contributed by atoms with Crippen molar-refractivity contribution in [1.82, 2.24) is 0 Å². The van der Waals surface area contributed by atoms with Gasteiger partial charge in [0.1, 0.15) is 11.4 Å². The Bertz CT molecular complexity index is 524. The fourth-order valence-electron chi connectivity index (χ4n) is 3.36. The van der Waals surface area contributed by atoms with Crippen LogP contribution in [0.1, 0.15) is 59.8 Å². The lowest BCUT2D eigenvalue weighted by Gasteiger charge is -2.38. The molecule has 2 rings (SSSR count). The predicted molar refractivity (Wildman–Crippen MR) is 97.4 cm³/mol. The average molecular weight is 333 g/mol. The van der Waals surface area contributed by atoms with Crippen LogP contribution in [0.25, 0.3) is 0 Å². The van der Waals surface area contributed by atoms with Gasteiger partial charge in [0, 0.05) is 12.3 Å². The van der Waals surface area contributed by atoms with E-state index in [-0.39, 0.29) is 12.0 Å². The van der Waals surface area contributed by atoms with Gasteiger partial charge in [-0.1, -0.05) is 20.3 Å². The molecule has 1 aliphatic carbocycles. The summed E-state index contributed by atoms with van der Waals surface area (Å²) in [7, 11) is 0. The molecule has 1 aromatic carbocycles. The Morgan fingerprint density at radius 1 is 1.33 bits per heavy atom. The van der Waals surface area contributed by atoms with Crippen molar-refractivity contribution in [2.24, 2.45) is 5.92 Å². The summed E-state index contributed by atoms with van der Waals surface area (Å²) >= 11 is 0. The van der Waals surface area contributed by atoms with Crippen LogP contribution in [0, 0.1) is 5.92 Å². The minimum absolute atomic E-state index is 0.0218. The summed E-state index contributed by atoms with van der Waals surface area (Å²) in [4.78, 5) is 12.9. The van der Waals surface area contributed by atoms with Crippen molar-refractivity contribution < 1.29 is 14.3 Å². The monoisotopic (exact) mass is 333 g/mol. The fourth-order valence-corrected chi connectivity index (χ4v) is 3.36. The van der Waals surface area contributed by atoms with Crippen molar-refractivity contribution in [3.8, 4) is 5.75 Å². The van der Waals surface area contributed by atoms with Gasteiger partial charge in [-0.15, -0.1) is 0 Å². The highest BCUT2D eigenvalue weighted by Crippen LogP contribution is 2.36. The van der Waals surface area contributed by atoms with E-state index in [9.17, 15) is 4.79 Å². The maximum Gasteiger partial charge on any atom is 0.256 e. The van der Waals surface area contributed by atoms with Gasteiger partial charge in [-0.05, 0) is 69.7 Å². The molecule has 0 unspecified atom stereocenters. The Morgan fingerprint density at radius 3 is 2.62 bits per heavy atom. The molecule has 1 aromatic rings. The van der Waals surface area contributed by atoms with Crippen LogP contribution in [0.15, 0.2) is 24.3 Å². The van der Waals surface area contributed by atoms with E-state index in [1.165, 1.54) is 6.42 Å². The van der Waals surface area contributed by atoms with Crippen molar-refractivity contribution >= 4 is 11.6 Å². The molecule has 1 aliphatic rings. The van der Waals surface area contributed by atoms with Crippen molar-refractivity contribution in [3.63, 3.8) is 0 Å². The van der Waals surface area contributed by atoms with E-state index < -0.39 is 5.60 Å². The Labute approximate surface area is 145 Å². The first-order valence-electron chi connectivity index (χ1n) is 9.21. The predicted octanol–water partition coefficient (Wildman–Crippen LogP) is 4.79. The van der Waals surface area contributed by atoms with Gasteiger partial charge in [-0.25, -0.2) is 0 Å². The Balaban J connectivity index is 2.04. The van der Waals surface area contributed by atoms with Crippen molar-refractivity contribution in [3.05, 3.63) is 24.3 Å². The second kappa shape index (κ2) is 8.52. The number of anilines is 1. The summed E-state index contributed by atoms with van der Waals surface area (Å²) in [6.45, 7) is 8.85. The first kappa shape index (κ1) is 18.8. The van der Waals surface area contributed by atoms with Gasteiger partial charge in [-0.3, -0.25) is 4.79 Å². The van der Waals surface area contributed by atoms with Gasteiger partial charge in [-0.2, -0.15) is 0 Å². The molecular formula is C20H31NO3. The number of amides is 1. The van der Waals surface area contributed by atoms with Crippen molar-refractivity contribution in [2.45, 2.75) is 71.5 Å². The van der Waals surface area contributed by atoms with E-state index in [4.69, 9.17) is 9.47 Å². The third-order valence-corrected chi connectivity index (χ3v) is 4.81. The van der Waals surface area contributed by atoms with Gasteiger partial charge >= 0.3 is 0 Å². The normalized spacial score (nSPS) is 25.1. The Morgan fingerprint density at radius 2 is 2.04 bits per heavy atom. The maximum absolute atomic E-state index is 12.9. The van der Waals surface area contributed by atoms with Crippen LogP contribution in [-0.2, 0) is 9.53 Å². The number of nitrogens with one attached hydrogen (secondary N) is 1. The average Bonchev–Trinajstić information content (AvgIpc) is 2.56. The quantitative estimate of drug-likeness (QED) is 0.780. The molecule has 1 N–H and O–H groups in total. The number of hydrogen-bond acceptors (Lipinski definition) is 3. The molecule has 0 saturated heterocycles. The smallest absolute Gasteiger partial charge is 0.256 e. The summed E-state index contributed by atoms with van der Waals surface area (Å²) in [5.41, 5.74) is 0.104. The molecule has 0 heterocycles. The molecule has 24 heavy (non-hydrogen) atoms. The maximum atomic E-state index is 12.9. The fraction of sp³-hybridized carbons (Fsp3) is 0.650. The summed E-state index contributed by atoms with van der Waals surface area (Å²) in [6, 6.07) is 7.58. The van der Waals surface area contributed by atoms with Gasteiger partial charge in [0.15, 0.2) is 0 Å². The van der Waals surface area contributed by atoms with Crippen molar-refractivity contribution in [2.75, 3.05) is 11.9 Å². The molecule has 4 nitrogen and oxygen atoms in total. The largest absolute Gasteiger partial charge is 0.491 e. The van der Waals surface area contributed by atoms with Gasteiger partial charge in [0.05, 0.1) is 6.10 Å². The zero-order valence-corrected chi connectivity index (χ0v) is 15.4. The summed E-state index contributed by atoms with van der Waals surface area (Å²) in [5.74, 6) is 1.32. The Hall–Kier alpha value is -1.55. The molecule has 3 atom stereocenters. The van der Waals surface area contributed by atoms with Crippen LogP contribution in [0.5, 0.6) is 5.75 Å². The molecular weight excluding hydrogens is 302 g/mol. The summed E-state index contributed by atoms with van der Waals surface area (Å²) in [5, 5.41) is 3.03. The van der Waals surface area contributed by atoms with Crippen molar-refractivity contribution in [1.29, 1.82) is 0 Å². The topological polar surface area (TPSA) is 47.6 Å². The zero-order chi connectivity index (χ0) is 17.6. The summed E-state index contributed by atoms with van der Waals surface area (Å²) in [6.07, 6.45) is 4.96. The Kier molecular flexibility index (Phi) is 6.67. The van der Waals surface area contributed by atoms with Gasteiger partial charge < -0.3 is 14.8 Å². The van der Waals surface area contributed by atoms with E-state index in [1.54, 1.807) is 0 Å². The zero-order valence-electron chi connectivity index (χ0n) is 15.4. The van der Waals surface area contributed by atoms with Crippen LogP contribution in [0.2, 0.25) is 0 Å². The number of benzene rings is 1. The molecule has 134 valence electrons. The third-order valence-electron chi connectivity index (χ3n) is 4.81. The van der Waals surface area contributed by atoms with E-state index >= 15 is 0 Å². The number of ether oxygens (including phenoxy) is 2. The lowest BCUT2D eigenvalue weighted by molar-refractivity contribution is -0.147. The molecule has 4 heteroatoms. The van der Waals surface area contributed by atoms with E-state index in [1.807, 2.05) is 38.1 Å². The molecule has 0 aromatic heterocycles. The second-order valence-electron chi connectivity index (χ2n) is 6.94. The molecule has 1 saturated carbocycles. The lowest BCUT2D eigenvalue weighted by Crippen LogP contribution is -2.48. The highest BCUT2D eigenvalue weighted by atomic mass is 16.5. The first-order chi connectivity index (χ1) is 11.5. The van der Waals surface area contributed by atoms with Crippen LogP contribution in [0.4, 0.5) is 5.69 Å². The van der Waals surface area contributed by atoms with Crippen LogP contribution >= 0.6 is 0 Å². The highest BCUT2D eigenvalue weighted by molar-refractivity contribution is 5.97. The number of hydrogen-bond donors (Lipinski definition) is 1. The second-order valence-corrected chi connectivity index (χ2v) is 6.94. The molecule has 0 radical (unpaired) electrons. The first-order valence-corrected chi connectivity index (χ1v) is 9.21. The van der Waals surface area contributed by atoms with Crippen LogP contribution in [0.3, 0.4) is 0 Å². The standard InChI is InChI=1S/C20H31NO3/c1-5-16(4)24-18-11-9-17(10-12-18)21-19(22)20(23-6-2)13-7-8-15(3)14-20/h9-12,15-16H,5-8,13-14H2,1-4H3,(H,21,22)/t15-,16+,20-/m1/s1. The number of carbonyl (C=O) groups is 1. The minimum Gasteiger partial charge on any atom is -0.491 e. The van der Waals surface area contributed by atoms with E-state index in [2.05, 4.69) is 19.2 Å². The van der Waals surface area contributed by atoms with Crippen LogP contribution < -0.4 is 10.1 Å². The minimum atomic E-state index is -0.682. The molecule has 0 aliphatic heterocycles. The number of carbonyl (C=O) groups excluding carboxylic acids is 1. The van der Waals surface area contributed by atoms with Gasteiger partial charge in [0.2, 0.25) is 0 Å². The SMILES string of the molecule is CCO[C@]1(C(=O)Nc2ccc(O[C@@H](C)CC)cc2)CCC[C@@H](C)C1.